The maximum atomic E-state index is 6.29. The summed E-state index contributed by atoms with van der Waals surface area (Å²) in [6, 6.07) is 42.4. The first-order chi connectivity index (χ1) is 20.7. The summed E-state index contributed by atoms with van der Waals surface area (Å²) in [5.41, 5.74) is 5.42. The van der Waals surface area contributed by atoms with E-state index in [4.69, 9.17) is 17.0 Å². The van der Waals surface area contributed by atoms with Gasteiger partial charge in [-0.05, 0) is 10.8 Å². The van der Waals surface area contributed by atoms with Gasteiger partial charge in [-0.25, -0.2) is 12.1 Å². The zero-order valence-corrected chi connectivity index (χ0v) is 33.2. The van der Waals surface area contributed by atoms with E-state index < -0.39 is 18.9 Å². The van der Waals surface area contributed by atoms with Crippen molar-refractivity contribution in [2.75, 3.05) is 0 Å². The molecule has 0 unspecified atom stereocenters. The van der Waals surface area contributed by atoms with Crippen LogP contribution in [0.15, 0.2) is 130 Å². The summed E-state index contributed by atoms with van der Waals surface area (Å²) in [6.45, 7) is 13.7. The minimum Gasteiger partial charge on any atom is -0.214 e. The monoisotopic (exact) mass is 824 g/mol. The van der Waals surface area contributed by atoms with E-state index in [-0.39, 0.29) is 10.8 Å². The first-order valence-corrected chi connectivity index (χ1v) is 23.8. The first-order valence-electron chi connectivity index (χ1n) is 14.6. The second-order valence-electron chi connectivity index (χ2n) is 12.9. The molecule has 0 spiro atoms. The van der Waals surface area contributed by atoms with Crippen LogP contribution in [0.4, 0.5) is 0 Å². The van der Waals surface area contributed by atoms with Crippen molar-refractivity contribution in [2.45, 2.75) is 52.4 Å². The number of rotatable bonds is 2. The van der Waals surface area contributed by atoms with Crippen LogP contribution in [-0.2, 0) is 29.7 Å². The summed E-state index contributed by atoms with van der Waals surface area (Å²) in [5.74, 6) is 0. The van der Waals surface area contributed by atoms with E-state index in [1.165, 1.54) is 32.7 Å². The number of benzene rings is 4. The van der Waals surface area contributed by atoms with Gasteiger partial charge in [-0.15, -0.1) is 39.7 Å². The first kappa shape index (κ1) is 35.3. The SMILES string of the molecule is CC(C)(C)c1ccc2[cH-]c3ccc(C(C)(C)C)cc3c2c1.[Cl][Zr]([Cl])=[C](c1ccc(Br)cc1)c1ccc(Br)cc1.c1cc[cH-]c1. The molecule has 228 valence electrons. The van der Waals surface area contributed by atoms with Crippen LogP contribution in [0, 0.1) is 0 Å². The summed E-state index contributed by atoms with van der Waals surface area (Å²) < 4.78 is 3.21. The molecule has 0 amide bonds. The van der Waals surface area contributed by atoms with E-state index >= 15 is 0 Å². The van der Waals surface area contributed by atoms with Crippen molar-refractivity contribution in [3.05, 3.63) is 153 Å². The third-order valence-electron chi connectivity index (χ3n) is 7.45. The molecule has 0 atom stereocenters. The summed E-state index contributed by atoms with van der Waals surface area (Å²) in [6.07, 6.45) is 0. The number of hydrogen-bond acceptors (Lipinski definition) is 0. The van der Waals surface area contributed by atoms with Gasteiger partial charge in [-0.2, -0.15) is 18.2 Å². The van der Waals surface area contributed by atoms with Gasteiger partial charge in [-0.1, -0.05) is 76.9 Å². The second kappa shape index (κ2) is 15.3. The molecule has 0 aliphatic heterocycles. The molecule has 0 aliphatic rings. The molecule has 44 heavy (non-hydrogen) atoms. The number of fused-ring (bicyclic) bond motifs is 3. The Balaban J connectivity index is 0.000000175. The Kier molecular flexibility index (Phi) is 12.3. The van der Waals surface area contributed by atoms with Crippen molar-refractivity contribution < 1.29 is 18.9 Å². The molecule has 0 bridgehead atoms. The minimum absolute atomic E-state index is 0.194. The largest absolute Gasteiger partial charge is 0.214 e. The van der Waals surface area contributed by atoms with Gasteiger partial charge in [0, 0.05) is 0 Å². The van der Waals surface area contributed by atoms with Crippen LogP contribution < -0.4 is 0 Å². The van der Waals surface area contributed by atoms with Crippen LogP contribution in [-0.4, -0.2) is 3.21 Å². The Morgan fingerprint density at radius 2 is 0.977 bits per heavy atom. The van der Waals surface area contributed by atoms with Crippen molar-refractivity contribution in [3.63, 3.8) is 0 Å². The molecule has 0 fully saturated rings. The average Bonchev–Trinajstić information content (AvgIpc) is 3.66. The van der Waals surface area contributed by atoms with Gasteiger partial charge in [0.1, 0.15) is 0 Å². The van der Waals surface area contributed by atoms with Crippen LogP contribution in [0.25, 0.3) is 21.5 Å². The van der Waals surface area contributed by atoms with E-state index in [0.717, 1.165) is 23.3 Å². The molecule has 5 heteroatoms. The molecule has 0 heterocycles. The Morgan fingerprint density at radius 1 is 0.591 bits per heavy atom. The number of hydrogen-bond donors (Lipinski definition) is 0. The molecule has 0 saturated heterocycles. The summed E-state index contributed by atoms with van der Waals surface area (Å²) in [4.78, 5) is 0. The van der Waals surface area contributed by atoms with E-state index in [1.54, 1.807) is 0 Å². The summed E-state index contributed by atoms with van der Waals surface area (Å²) >= 11 is 4.35. The predicted octanol–water partition coefficient (Wildman–Crippen LogP) is 13.4. The molecule has 6 rings (SSSR count). The van der Waals surface area contributed by atoms with Crippen LogP contribution in [0.5, 0.6) is 0 Å². The zero-order valence-electron chi connectivity index (χ0n) is 26.1. The van der Waals surface area contributed by atoms with Crippen LogP contribution >= 0.6 is 48.9 Å². The van der Waals surface area contributed by atoms with E-state index in [2.05, 4.69) is 116 Å². The van der Waals surface area contributed by atoms with Crippen molar-refractivity contribution >= 4 is 73.6 Å². The van der Waals surface area contributed by atoms with Gasteiger partial charge in [0.2, 0.25) is 0 Å². The third-order valence-corrected chi connectivity index (χ3v) is 13.1. The maximum absolute atomic E-state index is 6.29. The molecule has 0 aliphatic carbocycles. The average molecular weight is 829 g/mol. The fourth-order valence-corrected chi connectivity index (χ4v) is 9.87. The summed E-state index contributed by atoms with van der Waals surface area (Å²) in [5, 5.41) is 5.49. The molecule has 0 aromatic heterocycles. The maximum Gasteiger partial charge on any atom is -0.172 e. The van der Waals surface area contributed by atoms with Crippen LogP contribution in [0.2, 0.25) is 0 Å². The third kappa shape index (κ3) is 9.46. The smallest absolute Gasteiger partial charge is 0.172 e. The topological polar surface area (TPSA) is 0 Å². The van der Waals surface area contributed by atoms with Gasteiger partial charge in [0.25, 0.3) is 0 Å². The zero-order chi connectivity index (χ0) is 32.1. The van der Waals surface area contributed by atoms with Crippen molar-refractivity contribution in [2.24, 2.45) is 0 Å². The molecular formula is C39H38Br2Cl2Zr-2. The molecule has 0 nitrogen and oxygen atoms in total. The van der Waals surface area contributed by atoms with Gasteiger partial charge in [0.05, 0.1) is 0 Å². The Morgan fingerprint density at radius 3 is 1.27 bits per heavy atom. The normalized spacial score (nSPS) is 11.4. The molecule has 0 radical (unpaired) electrons. The predicted molar refractivity (Wildman–Crippen MR) is 200 cm³/mol. The summed E-state index contributed by atoms with van der Waals surface area (Å²) in [7, 11) is 12.6. The minimum atomic E-state index is -2.51. The molecule has 6 aromatic carbocycles. The van der Waals surface area contributed by atoms with Crippen molar-refractivity contribution in [3.8, 4) is 0 Å². The van der Waals surface area contributed by atoms with Gasteiger partial charge in [-0.3, -0.25) is 0 Å². The van der Waals surface area contributed by atoms with Crippen molar-refractivity contribution in [1.29, 1.82) is 0 Å². The Hall–Kier alpha value is -1.61. The Bertz CT molecular complexity index is 1700. The van der Waals surface area contributed by atoms with Crippen LogP contribution in [0.1, 0.15) is 63.8 Å². The fourth-order valence-electron chi connectivity index (χ4n) is 4.87. The van der Waals surface area contributed by atoms with E-state index in [9.17, 15) is 0 Å². The molecule has 6 aromatic rings. The molecule has 0 saturated carbocycles. The Labute approximate surface area is 294 Å². The van der Waals surface area contributed by atoms with Gasteiger partial charge < -0.3 is 0 Å². The molecule has 0 N–H and O–H groups in total. The second-order valence-corrected chi connectivity index (χ2v) is 22.8. The van der Waals surface area contributed by atoms with Crippen molar-refractivity contribution in [1.82, 2.24) is 0 Å². The quantitative estimate of drug-likeness (QED) is 0.153. The van der Waals surface area contributed by atoms with Crippen LogP contribution in [0.3, 0.4) is 0 Å². The van der Waals surface area contributed by atoms with Gasteiger partial charge in [0.15, 0.2) is 0 Å². The fraction of sp³-hybridized carbons (Fsp3) is 0.205. The van der Waals surface area contributed by atoms with Gasteiger partial charge >= 0.3 is 140 Å². The van der Waals surface area contributed by atoms with E-state index in [0.29, 0.717) is 0 Å². The number of halogens is 4. The standard InChI is InChI=1S/C21H25.C13H8Br2.C5H5.2ClH.Zr/c1-20(2,3)16-9-7-14-11-15-8-10-17(21(4,5)6)13-19(15)18(14)12-16;14-12-5-1-10(2-6-12)9-11-3-7-13(15)8-4-11;1-2-4-5-3-1;;;/h7-13H,1-6H3;1-8H;1-5H;2*1H;/q-1;;-1;;;+2/p-2. The van der Waals surface area contributed by atoms with E-state index in [1.807, 2.05) is 78.9 Å². The molecular weight excluding hydrogens is 790 g/mol.